The molecule has 0 aliphatic rings. The van der Waals surface area contributed by atoms with E-state index in [1.807, 2.05) is 0 Å². The molecule has 5 rings (SSSR count). The summed E-state index contributed by atoms with van der Waals surface area (Å²) in [6.45, 7) is 0.135. The topological polar surface area (TPSA) is 125 Å². The molecule has 0 atom stereocenters. The Morgan fingerprint density at radius 3 is 2.57 bits per heavy atom. The first-order chi connectivity index (χ1) is 17.0. The van der Waals surface area contributed by atoms with Crippen molar-refractivity contribution >= 4 is 17.4 Å². The molecule has 0 unspecified atom stereocenters. The summed E-state index contributed by atoms with van der Waals surface area (Å²) in [6, 6.07) is 14.8. The van der Waals surface area contributed by atoms with Crippen LogP contribution < -0.4 is 11.1 Å². The number of nitrogen functional groups attached to an aromatic ring is 1. The van der Waals surface area contributed by atoms with Gasteiger partial charge in [-0.1, -0.05) is 23.4 Å². The summed E-state index contributed by atoms with van der Waals surface area (Å²) in [6.07, 6.45) is 2.77. The zero-order chi connectivity index (χ0) is 24.4. The predicted molar refractivity (Wildman–Crippen MR) is 123 cm³/mol. The molecule has 3 aromatic heterocycles. The third-order valence-electron chi connectivity index (χ3n) is 5.16. The first-order valence-electron chi connectivity index (χ1n) is 10.4. The molecule has 3 N–H and O–H groups in total. The minimum atomic E-state index is -0.490. The Balaban J connectivity index is 1.44. The van der Waals surface area contributed by atoms with Crippen molar-refractivity contribution in [1.29, 1.82) is 0 Å². The molecule has 2 aromatic carbocycles. The molecule has 9 nitrogen and oxygen atoms in total. The van der Waals surface area contributed by atoms with Crippen LogP contribution >= 0.6 is 0 Å². The van der Waals surface area contributed by atoms with Crippen LogP contribution in [0.15, 0.2) is 77.6 Å². The number of hydrogen-bond donors (Lipinski definition) is 2. The summed E-state index contributed by atoms with van der Waals surface area (Å²) in [7, 11) is 0. The van der Waals surface area contributed by atoms with Crippen molar-refractivity contribution in [3.63, 3.8) is 0 Å². The molecule has 0 spiro atoms. The minimum Gasteiger partial charge on any atom is -0.382 e. The molecule has 3 heterocycles. The van der Waals surface area contributed by atoms with Gasteiger partial charge in [-0.3, -0.25) is 9.48 Å². The van der Waals surface area contributed by atoms with Crippen LogP contribution in [-0.4, -0.2) is 30.8 Å². The van der Waals surface area contributed by atoms with Crippen molar-refractivity contribution in [2.75, 3.05) is 11.1 Å². The summed E-state index contributed by atoms with van der Waals surface area (Å²) in [4.78, 5) is 20.9. The smallest absolute Gasteiger partial charge is 0.255 e. The van der Waals surface area contributed by atoms with Gasteiger partial charge in [-0.25, -0.2) is 18.7 Å². The highest BCUT2D eigenvalue weighted by Crippen LogP contribution is 2.26. The maximum Gasteiger partial charge on any atom is 0.255 e. The van der Waals surface area contributed by atoms with Crippen LogP contribution in [0.3, 0.4) is 0 Å². The number of carbonyl (C=O) groups is 1. The number of halogens is 2. The Morgan fingerprint density at radius 1 is 1.06 bits per heavy atom. The second-order valence-corrected chi connectivity index (χ2v) is 7.50. The van der Waals surface area contributed by atoms with Gasteiger partial charge < -0.3 is 15.6 Å². The molecule has 0 aliphatic heterocycles. The van der Waals surface area contributed by atoms with Crippen molar-refractivity contribution in [3.05, 3.63) is 95.9 Å². The number of benzene rings is 2. The highest BCUT2D eigenvalue weighted by Gasteiger charge is 2.18. The maximum atomic E-state index is 14.3. The number of nitrogens with one attached hydrogen (secondary N) is 1. The van der Waals surface area contributed by atoms with E-state index < -0.39 is 11.7 Å². The molecular weight excluding hydrogens is 456 g/mol. The fourth-order valence-corrected chi connectivity index (χ4v) is 3.40. The summed E-state index contributed by atoms with van der Waals surface area (Å²) < 4.78 is 33.9. The fraction of sp³-hybridized carbons (Fsp3) is 0.0417. The van der Waals surface area contributed by atoms with Crippen LogP contribution in [0.5, 0.6) is 0 Å². The molecule has 0 bridgehead atoms. The highest BCUT2D eigenvalue weighted by molar-refractivity contribution is 6.05. The molecule has 1 amide bonds. The molecule has 35 heavy (non-hydrogen) atoms. The number of nitrogens with two attached hydrogens (primary N) is 1. The van der Waals surface area contributed by atoms with Gasteiger partial charge in [0.15, 0.2) is 11.6 Å². The van der Waals surface area contributed by atoms with E-state index in [2.05, 4.69) is 25.5 Å². The molecule has 5 aromatic rings. The number of rotatable bonds is 6. The summed E-state index contributed by atoms with van der Waals surface area (Å²) in [5.41, 5.74) is 8.35. The number of nitrogens with zero attached hydrogens (tertiary/aromatic N) is 5. The highest BCUT2D eigenvalue weighted by atomic mass is 19.1. The molecule has 0 saturated carbocycles. The Labute approximate surface area is 197 Å². The zero-order valence-corrected chi connectivity index (χ0v) is 18.0. The van der Waals surface area contributed by atoms with Gasteiger partial charge >= 0.3 is 0 Å². The SMILES string of the molecule is Nc1nc(-c2cc(-c3ccon3)n(Cc3ccccc3F)n2)ncc1NC(=O)c1ccc(F)cc1. The van der Waals surface area contributed by atoms with Gasteiger partial charge in [0.05, 0.1) is 18.4 Å². The normalized spacial score (nSPS) is 10.9. The Kier molecular flexibility index (Phi) is 5.71. The molecular formula is C24H17F2N7O2. The lowest BCUT2D eigenvalue weighted by Gasteiger charge is -2.08. The number of anilines is 2. The van der Waals surface area contributed by atoms with Gasteiger partial charge in [0.2, 0.25) is 0 Å². The number of hydrogen-bond acceptors (Lipinski definition) is 7. The van der Waals surface area contributed by atoms with E-state index in [4.69, 9.17) is 10.3 Å². The maximum absolute atomic E-state index is 14.3. The third kappa shape index (κ3) is 4.60. The largest absolute Gasteiger partial charge is 0.382 e. The van der Waals surface area contributed by atoms with Gasteiger partial charge in [0.25, 0.3) is 5.91 Å². The van der Waals surface area contributed by atoms with Crippen molar-refractivity contribution < 1.29 is 18.1 Å². The first kappa shape index (κ1) is 21.9. The van der Waals surface area contributed by atoms with E-state index in [1.54, 1.807) is 35.0 Å². The quantitative estimate of drug-likeness (QED) is 0.379. The lowest BCUT2D eigenvalue weighted by atomic mass is 10.2. The zero-order valence-electron chi connectivity index (χ0n) is 18.0. The average molecular weight is 473 g/mol. The monoisotopic (exact) mass is 473 g/mol. The van der Waals surface area contributed by atoms with Crippen molar-refractivity contribution in [2.45, 2.75) is 6.54 Å². The van der Waals surface area contributed by atoms with E-state index in [-0.39, 0.29) is 35.3 Å². The van der Waals surface area contributed by atoms with E-state index in [1.165, 1.54) is 42.8 Å². The Bertz CT molecular complexity index is 1500. The summed E-state index contributed by atoms with van der Waals surface area (Å²) in [5.74, 6) is -1.10. The van der Waals surface area contributed by atoms with Crippen LogP contribution in [0.1, 0.15) is 15.9 Å². The molecule has 11 heteroatoms. The van der Waals surface area contributed by atoms with E-state index in [0.29, 0.717) is 22.6 Å². The first-order valence-corrected chi connectivity index (χ1v) is 10.4. The van der Waals surface area contributed by atoms with Crippen LogP contribution in [0.2, 0.25) is 0 Å². The molecule has 0 fully saturated rings. The molecule has 0 saturated heterocycles. The number of carbonyl (C=O) groups excluding carboxylic acids is 1. The minimum absolute atomic E-state index is 0.0112. The summed E-state index contributed by atoms with van der Waals surface area (Å²) >= 11 is 0. The van der Waals surface area contributed by atoms with Crippen LogP contribution in [0.4, 0.5) is 20.3 Å². The lowest BCUT2D eigenvalue weighted by Crippen LogP contribution is -2.14. The Morgan fingerprint density at radius 2 is 1.86 bits per heavy atom. The van der Waals surface area contributed by atoms with Gasteiger partial charge in [0, 0.05) is 17.2 Å². The van der Waals surface area contributed by atoms with E-state index in [9.17, 15) is 13.6 Å². The van der Waals surface area contributed by atoms with Crippen molar-refractivity contribution in [2.24, 2.45) is 0 Å². The van der Waals surface area contributed by atoms with E-state index >= 15 is 0 Å². The number of aromatic nitrogens is 5. The third-order valence-corrected chi connectivity index (χ3v) is 5.16. The van der Waals surface area contributed by atoms with Crippen LogP contribution in [0, 0.1) is 11.6 Å². The summed E-state index contributed by atoms with van der Waals surface area (Å²) in [5, 5.41) is 11.1. The van der Waals surface area contributed by atoms with Gasteiger partial charge in [0.1, 0.15) is 35.0 Å². The second kappa shape index (κ2) is 9.14. The molecule has 0 aliphatic carbocycles. The van der Waals surface area contributed by atoms with Crippen LogP contribution in [0.25, 0.3) is 22.9 Å². The number of amides is 1. The van der Waals surface area contributed by atoms with Crippen LogP contribution in [-0.2, 0) is 6.54 Å². The fourth-order valence-electron chi connectivity index (χ4n) is 3.40. The van der Waals surface area contributed by atoms with Gasteiger partial charge in [-0.15, -0.1) is 0 Å². The Hall–Kier alpha value is -4.93. The van der Waals surface area contributed by atoms with Gasteiger partial charge in [-0.05, 0) is 36.4 Å². The van der Waals surface area contributed by atoms with E-state index in [0.717, 1.165) is 0 Å². The average Bonchev–Trinajstić information content (AvgIpc) is 3.52. The van der Waals surface area contributed by atoms with Gasteiger partial charge in [-0.2, -0.15) is 5.10 Å². The second-order valence-electron chi connectivity index (χ2n) is 7.50. The molecule has 0 radical (unpaired) electrons. The van der Waals surface area contributed by atoms with Crippen molar-refractivity contribution in [1.82, 2.24) is 24.9 Å². The molecule has 174 valence electrons. The van der Waals surface area contributed by atoms with Crippen molar-refractivity contribution in [3.8, 4) is 22.9 Å². The standard InChI is InChI=1S/C24H17F2N7O2/c25-16-7-5-14(6-8-16)24(34)29-20-12-28-23(30-22(20)27)19-11-21(18-9-10-35-32-18)33(31-19)13-15-3-1-2-4-17(15)26/h1-12H,13H2,(H,29,34)(H2,27,28,30). The predicted octanol–water partition coefficient (Wildman–Crippen LogP) is 4.16. The lowest BCUT2D eigenvalue weighted by molar-refractivity contribution is 0.102.